The van der Waals surface area contributed by atoms with E-state index >= 15 is 0 Å². The maximum atomic E-state index is 12.7. The third kappa shape index (κ3) is 3.18. The molecule has 0 aliphatic heterocycles. The highest BCUT2D eigenvalue weighted by atomic mass is 32.2. The van der Waals surface area contributed by atoms with Gasteiger partial charge in [-0.2, -0.15) is 0 Å². The SMILES string of the molecule is CNCc1csc([S@@](N)(=O)=NC(=O)Nc2c3c(cc4c2CC4)CCC3)c1. The molecule has 1 aromatic carbocycles. The summed E-state index contributed by atoms with van der Waals surface area (Å²) in [4.78, 5) is 12.5. The van der Waals surface area contributed by atoms with Crippen LogP contribution in [0.3, 0.4) is 0 Å². The largest absolute Gasteiger partial charge is 0.354 e. The first kappa shape index (κ1) is 17.7. The average molecular weight is 391 g/mol. The van der Waals surface area contributed by atoms with Crippen LogP contribution in [0.1, 0.15) is 34.2 Å². The molecule has 2 aliphatic carbocycles. The van der Waals surface area contributed by atoms with Crippen LogP contribution >= 0.6 is 11.3 Å². The molecule has 0 spiro atoms. The zero-order chi connectivity index (χ0) is 18.3. The minimum atomic E-state index is -3.24. The molecule has 138 valence electrons. The third-order valence-electron chi connectivity index (χ3n) is 4.99. The van der Waals surface area contributed by atoms with Gasteiger partial charge in [-0.3, -0.25) is 0 Å². The van der Waals surface area contributed by atoms with Gasteiger partial charge in [0.2, 0.25) is 0 Å². The van der Waals surface area contributed by atoms with E-state index in [0.29, 0.717) is 10.8 Å². The first-order valence-corrected chi connectivity index (χ1v) is 11.2. The lowest BCUT2D eigenvalue weighted by atomic mass is 9.83. The molecule has 1 aromatic heterocycles. The summed E-state index contributed by atoms with van der Waals surface area (Å²) in [7, 11) is -1.41. The molecule has 6 nitrogen and oxygen atoms in total. The summed E-state index contributed by atoms with van der Waals surface area (Å²) in [5, 5.41) is 13.7. The number of amides is 2. The number of fused-ring (bicyclic) bond motifs is 2. The Bertz CT molecular complexity index is 1000. The number of hydrogen-bond donors (Lipinski definition) is 3. The van der Waals surface area contributed by atoms with Gasteiger partial charge in [0.1, 0.15) is 4.21 Å². The first-order valence-electron chi connectivity index (χ1n) is 8.72. The Balaban J connectivity index is 1.61. The number of carbonyl (C=O) groups excluding carboxylic acids is 1. The molecular formula is C18H22N4O2S2. The summed E-state index contributed by atoms with van der Waals surface area (Å²) >= 11 is 1.27. The molecule has 2 aliphatic rings. The zero-order valence-corrected chi connectivity index (χ0v) is 16.3. The van der Waals surface area contributed by atoms with E-state index in [1.54, 1.807) is 6.07 Å². The van der Waals surface area contributed by atoms with Crippen LogP contribution < -0.4 is 15.8 Å². The number of nitrogens with two attached hydrogens (primary N) is 1. The van der Waals surface area contributed by atoms with Gasteiger partial charge in [0, 0.05) is 12.2 Å². The summed E-state index contributed by atoms with van der Waals surface area (Å²) < 4.78 is 17.0. The van der Waals surface area contributed by atoms with Crippen LogP contribution in [0.25, 0.3) is 0 Å². The Morgan fingerprint density at radius 2 is 2.00 bits per heavy atom. The second-order valence-electron chi connectivity index (χ2n) is 6.77. The van der Waals surface area contributed by atoms with Gasteiger partial charge in [0.15, 0.2) is 9.92 Å². The molecule has 0 unspecified atom stereocenters. The second-order valence-corrected chi connectivity index (χ2v) is 9.70. The standard InChI is InChI=1S/C18H22N4O2S2/c1-20-9-11-7-16(25-10-11)26(19,24)22-18(23)21-17-14-4-2-3-12(14)8-13-5-6-15(13)17/h7-8,10,20H,2-6,9H2,1H3,(H3,19,21,22,23,24)/t26-/m0/s1. The number of nitrogens with one attached hydrogen (secondary N) is 2. The van der Waals surface area contributed by atoms with E-state index in [4.69, 9.17) is 5.14 Å². The maximum absolute atomic E-state index is 12.7. The number of urea groups is 1. The second kappa shape index (κ2) is 6.77. The molecule has 0 fully saturated rings. The van der Waals surface area contributed by atoms with Crippen molar-refractivity contribution >= 4 is 33.0 Å². The average Bonchev–Trinajstić information content (AvgIpc) is 3.19. The van der Waals surface area contributed by atoms with Gasteiger partial charge in [0.05, 0.1) is 0 Å². The van der Waals surface area contributed by atoms with Crippen LogP contribution in [0.2, 0.25) is 0 Å². The van der Waals surface area contributed by atoms with Crippen molar-refractivity contribution in [1.82, 2.24) is 5.32 Å². The summed E-state index contributed by atoms with van der Waals surface area (Å²) in [6.07, 6.45) is 5.15. The van der Waals surface area contributed by atoms with E-state index in [-0.39, 0.29) is 0 Å². The molecule has 26 heavy (non-hydrogen) atoms. The summed E-state index contributed by atoms with van der Waals surface area (Å²) in [5.74, 6) is 0. The lowest BCUT2D eigenvalue weighted by Crippen LogP contribution is -2.20. The van der Waals surface area contributed by atoms with Gasteiger partial charge in [-0.25, -0.2) is 14.1 Å². The van der Waals surface area contributed by atoms with Crippen molar-refractivity contribution < 1.29 is 9.00 Å². The van der Waals surface area contributed by atoms with Gasteiger partial charge in [-0.05, 0) is 78.4 Å². The molecular weight excluding hydrogens is 368 g/mol. The highest BCUT2D eigenvalue weighted by Crippen LogP contribution is 2.39. The third-order valence-corrected chi connectivity index (χ3v) is 7.90. The lowest BCUT2D eigenvalue weighted by molar-refractivity contribution is 0.260. The number of thiophene rings is 1. The van der Waals surface area contributed by atoms with Crippen LogP contribution in [0.4, 0.5) is 10.5 Å². The summed E-state index contributed by atoms with van der Waals surface area (Å²) in [5.41, 5.74) is 6.90. The molecule has 4 rings (SSSR count). The summed E-state index contributed by atoms with van der Waals surface area (Å²) in [6, 6.07) is 3.39. The highest BCUT2D eigenvalue weighted by molar-refractivity contribution is 7.93. The molecule has 0 saturated carbocycles. The quantitative estimate of drug-likeness (QED) is 0.749. The van der Waals surface area contributed by atoms with E-state index in [2.05, 4.69) is 21.1 Å². The minimum absolute atomic E-state index is 0.421. The molecule has 1 atom stereocenters. The van der Waals surface area contributed by atoms with Crippen LogP contribution in [0, 0.1) is 0 Å². The molecule has 0 saturated heterocycles. The van der Waals surface area contributed by atoms with Crippen molar-refractivity contribution in [3.05, 3.63) is 45.3 Å². The normalized spacial score (nSPS) is 17.0. The minimum Gasteiger partial charge on any atom is -0.316 e. The predicted molar refractivity (Wildman–Crippen MR) is 105 cm³/mol. The van der Waals surface area contributed by atoms with Crippen LogP contribution in [-0.2, 0) is 42.1 Å². The van der Waals surface area contributed by atoms with Gasteiger partial charge in [-0.15, -0.1) is 15.7 Å². The zero-order valence-electron chi connectivity index (χ0n) is 14.6. The fourth-order valence-corrected chi connectivity index (χ4v) is 5.84. The molecule has 0 bridgehead atoms. The number of rotatable bonds is 4. The van der Waals surface area contributed by atoms with Gasteiger partial charge in [0.25, 0.3) is 0 Å². The first-order chi connectivity index (χ1) is 12.5. The van der Waals surface area contributed by atoms with Crippen molar-refractivity contribution in [2.24, 2.45) is 9.50 Å². The Hall–Kier alpha value is -1.74. The van der Waals surface area contributed by atoms with E-state index in [1.165, 1.54) is 33.6 Å². The molecule has 8 heteroatoms. The van der Waals surface area contributed by atoms with Gasteiger partial charge < -0.3 is 10.6 Å². The fourth-order valence-electron chi connectivity index (χ4n) is 3.70. The van der Waals surface area contributed by atoms with E-state index < -0.39 is 15.9 Å². The Morgan fingerprint density at radius 1 is 1.23 bits per heavy atom. The number of benzene rings is 1. The smallest absolute Gasteiger partial charge is 0.316 e. The molecule has 0 radical (unpaired) electrons. The van der Waals surface area contributed by atoms with Crippen molar-refractivity contribution in [2.45, 2.75) is 42.9 Å². The Morgan fingerprint density at radius 3 is 2.73 bits per heavy atom. The lowest BCUT2D eigenvalue weighted by Gasteiger charge is -2.25. The van der Waals surface area contributed by atoms with Crippen molar-refractivity contribution in [1.29, 1.82) is 0 Å². The van der Waals surface area contributed by atoms with Crippen LogP contribution in [0.15, 0.2) is 26.1 Å². The van der Waals surface area contributed by atoms with Crippen molar-refractivity contribution in [2.75, 3.05) is 12.4 Å². The topological polar surface area (TPSA) is 96.6 Å². The molecule has 4 N–H and O–H groups in total. The van der Waals surface area contributed by atoms with Crippen molar-refractivity contribution in [3.8, 4) is 0 Å². The van der Waals surface area contributed by atoms with Crippen molar-refractivity contribution in [3.63, 3.8) is 0 Å². The number of hydrogen-bond acceptors (Lipinski definition) is 4. The number of aryl methyl sites for hydroxylation is 2. The van der Waals surface area contributed by atoms with Crippen LogP contribution in [-0.4, -0.2) is 17.3 Å². The molecule has 1 heterocycles. The van der Waals surface area contributed by atoms with E-state index in [9.17, 15) is 9.00 Å². The van der Waals surface area contributed by atoms with Gasteiger partial charge in [-0.1, -0.05) is 6.07 Å². The van der Waals surface area contributed by atoms with E-state index in [0.717, 1.165) is 43.4 Å². The van der Waals surface area contributed by atoms with E-state index in [1.807, 2.05) is 12.4 Å². The highest BCUT2D eigenvalue weighted by Gasteiger charge is 2.26. The predicted octanol–water partition coefficient (Wildman–Crippen LogP) is 2.99. The number of nitrogens with zero attached hydrogens (tertiary/aromatic N) is 1. The monoisotopic (exact) mass is 390 g/mol. The van der Waals surface area contributed by atoms with Gasteiger partial charge >= 0.3 is 6.03 Å². The molecule has 2 aromatic rings. The number of anilines is 1. The maximum Gasteiger partial charge on any atom is 0.354 e. The Kier molecular flexibility index (Phi) is 4.60. The number of carbonyl (C=O) groups is 1. The summed E-state index contributed by atoms with van der Waals surface area (Å²) in [6.45, 7) is 0.653. The fraction of sp³-hybridized carbons (Fsp3) is 0.389. The molecule has 2 amide bonds. The Labute approximate surface area is 157 Å². The van der Waals surface area contributed by atoms with Crippen LogP contribution in [0.5, 0.6) is 0 Å².